The Hall–Kier alpha value is -3.03. The van der Waals surface area contributed by atoms with E-state index in [1.54, 1.807) is 19.5 Å². The molecule has 2 aromatic rings. The first-order valence-electron chi connectivity index (χ1n) is 10.1. The van der Waals surface area contributed by atoms with Crippen molar-refractivity contribution in [2.45, 2.75) is 20.4 Å². The van der Waals surface area contributed by atoms with E-state index in [4.69, 9.17) is 14.5 Å². The van der Waals surface area contributed by atoms with Gasteiger partial charge in [0.05, 0.1) is 20.3 Å². The van der Waals surface area contributed by atoms with Crippen LogP contribution in [-0.4, -0.2) is 67.3 Å². The fraction of sp³-hybridized carbons (Fsp3) is 0.476. The summed E-state index contributed by atoms with van der Waals surface area (Å²) in [5.74, 6) is 3.21. The number of nitrogens with zero attached hydrogens (tertiary/aromatic N) is 5. The molecule has 1 saturated heterocycles. The predicted octanol–water partition coefficient (Wildman–Crippen LogP) is 2.17. The van der Waals surface area contributed by atoms with Crippen LogP contribution < -0.4 is 19.7 Å². The second kappa shape index (κ2) is 10.5. The highest BCUT2D eigenvalue weighted by molar-refractivity contribution is 5.80. The van der Waals surface area contributed by atoms with Gasteiger partial charge in [-0.3, -0.25) is 0 Å². The molecule has 8 nitrogen and oxygen atoms in total. The Kier molecular flexibility index (Phi) is 7.49. The molecule has 1 aromatic heterocycles. The second-order valence-electron chi connectivity index (χ2n) is 6.61. The number of aromatic nitrogens is 2. The summed E-state index contributed by atoms with van der Waals surface area (Å²) in [4.78, 5) is 18.0. The average molecular weight is 399 g/mol. The number of hydrogen-bond donors (Lipinski definition) is 1. The minimum Gasteiger partial charge on any atom is -0.493 e. The SMILES string of the molecule is CCNC(=NCc1ccc(OCC)c(OC)c1)N1CCN(c2ncccn2)CC1. The van der Waals surface area contributed by atoms with Gasteiger partial charge in [-0.15, -0.1) is 0 Å². The van der Waals surface area contributed by atoms with Crippen LogP contribution in [-0.2, 0) is 6.54 Å². The zero-order valence-electron chi connectivity index (χ0n) is 17.5. The monoisotopic (exact) mass is 398 g/mol. The van der Waals surface area contributed by atoms with Crippen molar-refractivity contribution in [2.24, 2.45) is 4.99 Å². The molecular formula is C21H30N6O2. The van der Waals surface area contributed by atoms with Crippen LogP contribution in [0.2, 0.25) is 0 Å². The van der Waals surface area contributed by atoms with Gasteiger partial charge in [-0.05, 0) is 37.6 Å². The predicted molar refractivity (Wildman–Crippen MR) is 115 cm³/mol. The first-order valence-corrected chi connectivity index (χ1v) is 10.1. The van der Waals surface area contributed by atoms with E-state index in [0.717, 1.165) is 61.7 Å². The number of benzene rings is 1. The van der Waals surface area contributed by atoms with E-state index >= 15 is 0 Å². The summed E-state index contributed by atoms with van der Waals surface area (Å²) >= 11 is 0. The molecule has 3 rings (SSSR count). The topological polar surface area (TPSA) is 75.1 Å². The van der Waals surface area contributed by atoms with Gasteiger partial charge in [0, 0.05) is 45.1 Å². The van der Waals surface area contributed by atoms with Gasteiger partial charge in [0.25, 0.3) is 0 Å². The van der Waals surface area contributed by atoms with Gasteiger partial charge in [-0.1, -0.05) is 6.07 Å². The maximum absolute atomic E-state index is 5.59. The Labute approximate surface area is 172 Å². The van der Waals surface area contributed by atoms with Crippen molar-refractivity contribution < 1.29 is 9.47 Å². The van der Waals surface area contributed by atoms with Crippen LogP contribution in [0, 0.1) is 0 Å². The summed E-state index contributed by atoms with van der Waals surface area (Å²) in [6.45, 7) is 9.54. The summed E-state index contributed by atoms with van der Waals surface area (Å²) in [5, 5.41) is 3.41. The lowest BCUT2D eigenvalue weighted by atomic mass is 10.2. The van der Waals surface area contributed by atoms with Crippen LogP contribution in [0.25, 0.3) is 0 Å². The number of hydrogen-bond acceptors (Lipinski definition) is 6. The standard InChI is InChI=1S/C21H30N6O2/c1-4-22-20(25-16-17-7-8-18(29-5-2)19(15-17)28-3)26-11-13-27(14-12-26)21-23-9-6-10-24-21/h6-10,15H,4-5,11-14,16H2,1-3H3,(H,22,25). The summed E-state index contributed by atoms with van der Waals surface area (Å²) in [7, 11) is 1.66. The van der Waals surface area contributed by atoms with Crippen molar-refractivity contribution in [3.63, 3.8) is 0 Å². The van der Waals surface area contributed by atoms with Crippen molar-refractivity contribution in [1.82, 2.24) is 20.2 Å². The molecule has 1 aromatic carbocycles. The van der Waals surface area contributed by atoms with Crippen molar-refractivity contribution in [3.05, 3.63) is 42.2 Å². The fourth-order valence-corrected chi connectivity index (χ4v) is 3.25. The molecule has 1 fully saturated rings. The maximum atomic E-state index is 5.59. The van der Waals surface area contributed by atoms with E-state index in [2.05, 4.69) is 32.0 Å². The highest BCUT2D eigenvalue weighted by Gasteiger charge is 2.21. The third kappa shape index (κ3) is 5.49. The van der Waals surface area contributed by atoms with E-state index in [9.17, 15) is 0 Å². The summed E-state index contributed by atoms with van der Waals surface area (Å²) < 4.78 is 11.0. The van der Waals surface area contributed by atoms with E-state index in [-0.39, 0.29) is 0 Å². The smallest absolute Gasteiger partial charge is 0.225 e. The molecular weight excluding hydrogens is 368 g/mol. The number of rotatable bonds is 7. The third-order valence-corrected chi connectivity index (χ3v) is 4.69. The number of ether oxygens (including phenoxy) is 2. The van der Waals surface area contributed by atoms with Crippen LogP contribution >= 0.6 is 0 Å². The molecule has 8 heteroatoms. The van der Waals surface area contributed by atoms with Crippen LogP contribution in [0.3, 0.4) is 0 Å². The van der Waals surface area contributed by atoms with Gasteiger partial charge in [0.15, 0.2) is 17.5 Å². The Balaban J connectivity index is 1.64. The third-order valence-electron chi connectivity index (χ3n) is 4.69. The van der Waals surface area contributed by atoms with E-state index < -0.39 is 0 Å². The fourth-order valence-electron chi connectivity index (χ4n) is 3.25. The molecule has 0 atom stereocenters. The van der Waals surface area contributed by atoms with Gasteiger partial charge < -0.3 is 24.6 Å². The molecule has 0 saturated carbocycles. The molecule has 1 aliphatic heterocycles. The van der Waals surface area contributed by atoms with Crippen molar-refractivity contribution >= 4 is 11.9 Å². The van der Waals surface area contributed by atoms with Gasteiger partial charge in [0.2, 0.25) is 5.95 Å². The molecule has 0 amide bonds. The average Bonchev–Trinajstić information content (AvgIpc) is 2.78. The molecule has 29 heavy (non-hydrogen) atoms. The molecule has 156 valence electrons. The number of aliphatic imine (C=N–C) groups is 1. The van der Waals surface area contributed by atoms with Crippen LogP contribution in [0.15, 0.2) is 41.7 Å². The minimum absolute atomic E-state index is 0.576. The van der Waals surface area contributed by atoms with Crippen LogP contribution in [0.1, 0.15) is 19.4 Å². The largest absolute Gasteiger partial charge is 0.493 e. The molecule has 2 heterocycles. The lowest BCUT2D eigenvalue weighted by Gasteiger charge is -2.36. The van der Waals surface area contributed by atoms with Crippen molar-refractivity contribution in [1.29, 1.82) is 0 Å². The molecule has 1 N–H and O–H groups in total. The first kappa shape index (κ1) is 20.7. The lowest BCUT2D eigenvalue weighted by Crippen LogP contribution is -2.52. The Morgan fingerprint density at radius 2 is 1.86 bits per heavy atom. The van der Waals surface area contributed by atoms with E-state index in [1.165, 1.54) is 0 Å². The molecule has 1 aliphatic rings. The summed E-state index contributed by atoms with van der Waals surface area (Å²) in [5.41, 5.74) is 1.08. The zero-order valence-corrected chi connectivity index (χ0v) is 17.5. The van der Waals surface area contributed by atoms with E-state index in [0.29, 0.717) is 13.2 Å². The highest BCUT2D eigenvalue weighted by atomic mass is 16.5. The molecule has 0 bridgehead atoms. The van der Waals surface area contributed by atoms with Gasteiger partial charge in [-0.25, -0.2) is 15.0 Å². The number of methoxy groups -OCH3 is 1. The van der Waals surface area contributed by atoms with E-state index in [1.807, 2.05) is 31.2 Å². The summed E-state index contributed by atoms with van der Waals surface area (Å²) in [6, 6.07) is 7.80. The summed E-state index contributed by atoms with van der Waals surface area (Å²) in [6.07, 6.45) is 3.57. The van der Waals surface area contributed by atoms with Gasteiger partial charge >= 0.3 is 0 Å². The molecule has 0 unspecified atom stereocenters. The normalized spacial score (nSPS) is 14.7. The number of guanidine groups is 1. The number of nitrogens with one attached hydrogen (secondary N) is 1. The zero-order chi connectivity index (χ0) is 20.5. The molecule has 0 radical (unpaired) electrons. The Morgan fingerprint density at radius 1 is 1.10 bits per heavy atom. The van der Waals surface area contributed by atoms with Crippen molar-refractivity contribution in [2.75, 3.05) is 51.3 Å². The number of piperazine rings is 1. The maximum Gasteiger partial charge on any atom is 0.225 e. The van der Waals surface area contributed by atoms with Crippen LogP contribution in [0.5, 0.6) is 11.5 Å². The second-order valence-corrected chi connectivity index (χ2v) is 6.61. The van der Waals surface area contributed by atoms with Crippen LogP contribution in [0.4, 0.5) is 5.95 Å². The lowest BCUT2D eigenvalue weighted by molar-refractivity contribution is 0.310. The number of anilines is 1. The minimum atomic E-state index is 0.576. The molecule has 0 spiro atoms. The first-order chi connectivity index (χ1) is 14.2. The Morgan fingerprint density at radius 3 is 2.52 bits per heavy atom. The van der Waals surface area contributed by atoms with Gasteiger partial charge in [-0.2, -0.15) is 0 Å². The molecule has 0 aliphatic carbocycles. The van der Waals surface area contributed by atoms with Gasteiger partial charge in [0.1, 0.15) is 0 Å². The quantitative estimate of drug-likeness (QED) is 0.566. The highest BCUT2D eigenvalue weighted by Crippen LogP contribution is 2.28. The Bertz CT molecular complexity index is 791. The van der Waals surface area contributed by atoms with Crippen molar-refractivity contribution in [3.8, 4) is 11.5 Å².